The second-order valence-electron chi connectivity index (χ2n) is 4.43. The van der Waals surface area contributed by atoms with Gasteiger partial charge in [0, 0.05) is 6.61 Å². The minimum atomic E-state index is -4.62. The van der Waals surface area contributed by atoms with Crippen LogP contribution in [0.15, 0.2) is 0 Å². The Morgan fingerprint density at radius 3 is 2.65 bits per heavy atom. The molecule has 3 nitrogen and oxygen atoms in total. The lowest BCUT2D eigenvalue weighted by Gasteiger charge is -2.37. The Kier molecular flexibility index (Phi) is 5.22. The van der Waals surface area contributed by atoms with E-state index in [9.17, 15) is 18.3 Å². The van der Waals surface area contributed by atoms with Crippen LogP contribution >= 0.6 is 0 Å². The molecule has 1 aliphatic rings. The van der Waals surface area contributed by atoms with Gasteiger partial charge in [-0.2, -0.15) is 13.2 Å². The van der Waals surface area contributed by atoms with Crippen LogP contribution in [-0.4, -0.2) is 42.8 Å². The van der Waals surface area contributed by atoms with Gasteiger partial charge in [-0.15, -0.1) is 0 Å². The molecular formula is C11H19F3O3. The summed E-state index contributed by atoms with van der Waals surface area (Å²) in [4.78, 5) is 0. The van der Waals surface area contributed by atoms with Crippen LogP contribution in [0.3, 0.4) is 0 Å². The molecule has 0 amide bonds. The topological polar surface area (TPSA) is 38.7 Å². The van der Waals surface area contributed by atoms with Crippen LogP contribution < -0.4 is 0 Å². The smallest absolute Gasteiger partial charge is 0.379 e. The molecule has 0 radical (unpaired) electrons. The first-order chi connectivity index (χ1) is 7.89. The summed E-state index contributed by atoms with van der Waals surface area (Å²) in [5, 5.41) is 9.34. The van der Waals surface area contributed by atoms with Crippen molar-refractivity contribution in [3.8, 4) is 0 Å². The Morgan fingerprint density at radius 1 is 1.47 bits per heavy atom. The van der Waals surface area contributed by atoms with Crippen LogP contribution in [0.4, 0.5) is 13.2 Å². The fourth-order valence-electron chi connectivity index (χ4n) is 1.63. The lowest BCUT2D eigenvalue weighted by atomic mass is 9.93. The number of unbranched alkanes of at least 4 members (excludes halogenated alkanes) is 1. The van der Waals surface area contributed by atoms with E-state index in [0.29, 0.717) is 13.2 Å². The normalized spacial score (nSPS) is 30.5. The van der Waals surface area contributed by atoms with Gasteiger partial charge < -0.3 is 14.6 Å². The van der Waals surface area contributed by atoms with Gasteiger partial charge in [0.2, 0.25) is 0 Å². The van der Waals surface area contributed by atoms with Crippen LogP contribution in [-0.2, 0) is 9.47 Å². The van der Waals surface area contributed by atoms with Crippen molar-refractivity contribution in [2.75, 3.05) is 19.8 Å². The number of rotatable bonds is 5. The van der Waals surface area contributed by atoms with Crippen molar-refractivity contribution in [1.29, 1.82) is 0 Å². The van der Waals surface area contributed by atoms with E-state index in [2.05, 4.69) is 0 Å². The van der Waals surface area contributed by atoms with Gasteiger partial charge in [0.1, 0.15) is 0 Å². The van der Waals surface area contributed by atoms with Gasteiger partial charge in [0.15, 0.2) is 5.60 Å². The molecule has 0 aromatic carbocycles. The molecule has 1 N–H and O–H groups in total. The molecular weight excluding hydrogens is 237 g/mol. The van der Waals surface area contributed by atoms with Crippen molar-refractivity contribution < 1.29 is 27.8 Å². The summed E-state index contributed by atoms with van der Waals surface area (Å²) in [6.45, 7) is 2.23. The van der Waals surface area contributed by atoms with Gasteiger partial charge in [-0.25, -0.2) is 0 Å². The van der Waals surface area contributed by atoms with Crippen molar-refractivity contribution in [2.45, 2.75) is 50.5 Å². The number of hydrogen-bond donors (Lipinski definition) is 1. The van der Waals surface area contributed by atoms with E-state index in [1.807, 2.05) is 6.92 Å². The number of alkyl halides is 3. The fourth-order valence-corrected chi connectivity index (χ4v) is 1.63. The van der Waals surface area contributed by atoms with E-state index in [1.54, 1.807) is 0 Å². The van der Waals surface area contributed by atoms with E-state index in [0.717, 1.165) is 12.8 Å². The molecule has 2 unspecified atom stereocenters. The maximum atomic E-state index is 12.4. The SMILES string of the molecule is CCCCOCC1CCC(O)(C(F)(F)F)CO1. The predicted octanol–water partition coefficient (Wildman–Crippen LogP) is 2.28. The third-order valence-electron chi connectivity index (χ3n) is 2.91. The molecule has 1 aliphatic heterocycles. The largest absolute Gasteiger partial charge is 0.419 e. The summed E-state index contributed by atoms with van der Waals surface area (Å²) in [6.07, 6.45) is -3.17. The maximum absolute atomic E-state index is 12.4. The van der Waals surface area contributed by atoms with E-state index in [-0.39, 0.29) is 18.9 Å². The zero-order valence-corrected chi connectivity index (χ0v) is 9.92. The Morgan fingerprint density at radius 2 is 2.18 bits per heavy atom. The highest BCUT2D eigenvalue weighted by Gasteiger charge is 2.55. The van der Waals surface area contributed by atoms with Crippen LogP contribution in [0.1, 0.15) is 32.6 Å². The summed E-state index contributed by atoms with van der Waals surface area (Å²) in [5.41, 5.74) is -2.69. The molecule has 17 heavy (non-hydrogen) atoms. The van der Waals surface area contributed by atoms with Crippen LogP contribution in [0.25, 0.3) is 0 Å². The van der Waals surface area contributed by atoms with Gasteiger partial charge in [0.05, 0.1) is 19.3 Å². The van der Waals surface area contributed by atoms with Crippen molar-refractivity contribution in [3.63, 3.8) is 0 Å². The Labute approximate surface area is 98.9 Å². The molecule has 0 aromatic heterocycles. The molecule has 0 saturated carbocycles. The predicted molar refractivity (Wildman–Crippen MR) is 55.7 cm³/mol. The van der Waals surface area contributed by atoms with Crippen molar-refractivity contribution >= 4 is 0 Å². The highest BCUT2D eigenvalue weighted by atomic mass is 19.4. The standard InChI is InChI=1S/C11H19F3O3/c1-2-3-6-16-7-9-4-5-10(15,8-17-9)11(12,13)14/h9,15H,2-8H2,1H3. The van der Waals surface area contributed by atoms with Crippen molar-refractivity contribution in [3.05, 3.63) is 0 Å². The summed E-state index contributed by atoms with van der Waals surface area (Å²) in [5.74, 6) is 0. The quantitative estimate of drug-likeness (QED) is 0.767. The Hall–Kier alpha value is -0.330. The number of hydrogen-bond acceptors (Lipinski definition) is 3. The molecule has 1 rings (SSSR count). The summed E-state index contributed by atoms with van der Waals surface area (Å²) >= 11 is 0. The molecule has 0 aromatic rings. The molecule has 6 heteroatoms. The lowest BCUT2D eigenvalue weighted by Crippen LogP contribution is -2.53. The molecule has 0 spiro atoms. The number of aliphatic hydroxyl groups is 1. The average Bonchev–Trinajstić information content (AvgIpc) is 2.25. The first-order valence-electron chi connectivity index (χ1n) is 5.87. The third-order valence-corrected chi connectivity index (χ3v) is 2.91. The lowest BCUT2D eigenvalue weighted by molar-refractivity contribution is -0.296. The number of ether oxygens (including phenoxy) is 2. The highest BCUT2D eigenvalue weighted by Crippen LogP contribution is 2.37. The minimum absolute atomic E-state index is 0.169. The van der Waals surface area contributed by atoms with E-state index >= 15 is 0 Å². The second kappa shape index (κ2) is 6.02. The fraction of sp³-hybridized carbons (Fsp3) is 1.00. The Bertz CT molecular complexity index is 222. The van der Waals surface area contributed by atoms with Gasteiger partial charge >= 0.3 is 6.18 Å². The zero-order valence-electron chi connectivity index (χ0n) is 9.92. The molecule has 2 atom stereocenters. The molecule has 0 bridgehead atoms. The van der Waals surface area contributed by atoms with Crippen LogP contribution in [0.5, 0.6) is 0 Å². The highest BCUT2D eigenvalue weighted by molar-refractivity contribution is 4.90. The molecule has 1 saturated heterocycles. The zero-order chi connectivity index (χ0) is 12.9. The number of halogens is 3. The van der Waals surface area contributed by atoms with Gasteiger partial charge in [-0.05, 0) is 19.3 Å². The van der Waals surface area contributed by atoms with Gasteiger partial charge in [0.25, 0.3) is 0 Å². The third kappa shape index (κ3) is 4.12. The van der Waals surface area contributed by atoms with Gasteiger partial charge in [-0.1, -0.05) is 13.3 Å². The van der Waals surface area contributed by atoms with Crippen LogP contribution in [0.2, 0.25) is 0 Å². The van der Waals surface area contributed by atoms with E-state index in [4.69, 9.17) is 9.47 Å². The molecule has 1 heterocycles. The van der Waals surface area contributed by atoms with Gasteiger partial charge in [-0.3, -0.25) is 0 Å². The van der Waals surface area contributed by atoms with Crippen molar-refractivity contribution in [2.24, 2.45) is 0 Å². The summed E-state index contributed by atoms with van der Waals surface area (Å²) in [6, 6.07) is 0. The van der Waals surface area contributed by atoms with Crippen molar-refractivity contribution in [1.82, 2.24) is 0 Å². The molecule has 0 aliphatic carbocycles. The van der Waals surface area contributed by atoms with Crippen LogP contribution in [0, 0.1) is 0 Å². The first-order valence-corrected chi connectivity index (χ1v) is 5.87. The molecule has 1 fully saturated rings. The monoisotopic (exact) mass is 256 g/mol. The summed E-state index contributed by atoms with van der Waals surface area (Å²) < 4.78 is 47.6. The second-order valence-corrected chi connectivity index (χ2v) is 4.43. The molecule has 102 valence electrons. The average molecular weight is 256 g/mol. The van der Waals surface area contributed by atoms with E-state index in [1.165, 1.54) is 0 Å². The summed E-state index contributed by atoms with van der Waals surface area (Å²) in [7, 11) is 0. The Balaban J connectivity index is 2.26. The van der Waals surface area contributed by atoms with E-state index < -0.39 is 18.4 Å². The minimum Gasteiger partial charge on any atom is -0.379 e. The first kappa shape index (κ1) is 14.7. The maximum Gasteiger partial charge on any atom is 0.419 e.